The van der Waals surface area contributed by atoms with Crippen LogP contribution in [-0.2, 0) is 19.1 Å². The Morgan fingerprint density at radius 1 is 1.19 bits per heavy atom. The fourth-order valence-corrected chi connectivity index (χ4v) is 2.69. The largest absolute Gasteiger partial charge is 0.455 e. The maximum atomic E-state index is 12.1. The molecule has 140 valence electrons. The number of carbonyl (C=O) groups is 3. The topological polar surface area (TPSA) is 93.7 Å². The number of benzene rings is 2. The van der Waals surface area contributed by atoms with Crippen LogP contribution in [0.5, 0.6) is 11.5 Å². The SMILES string of the molecule is O=C(COC(=O)[C@@H]1CCC(=O)N1)Nc1cc(Cl)ccc1Oc1ccccc1. The molecule has 2 N–H and O–H groups in total. The van der Waals surface area contributed by atoms with Crippen LogP contribution in [0, 0.1) is 0 Å². The van der Waals surface area contributed by atoms with Crippen LogP contribution < -0.4 is 15.4 Å². The third-order valence-corrected chi connectivity index (χ3v) is 4.05. The average Bonchev–Trinajstić information content (AvgIpc) is 3.09. The van der Waals surface area contributed by atoms with Gasteiger partial charge in [-0.2, -0.15) is 0 Å². The van der Waals surface area contributed by atoms with Crippen LogP contribution in [0.2, 0.25) is 5.02 Å². The number of anilines is 1. The zero-order chi connectivity index (χ0) is 19.2. The van der Waals surface area contributed by atoms with Crippen molar-refractivity contribution in [2.75, 3.05) is 11.9 Å². The second kappa shape index (κ2) is 8.55. The van der Waals surface area contributed by atoms with E-state index in [0.717, 1.165) is 0 Å². The highest BCUT2D eigenvalue weighted by Crippen LogP contribution is 2.32. The number of hydrogen-bond donors (Lipinski definition) is 2. The van der Waals surface area contributed by atoms with E-state index in [0.29, 0.717) is 28.6 Å². The first-order valence-electron chi connectivity index (χ1n) is 8.29. The quantitative estimate of drug-likeness (QED) is 0.742. The molecule has 1 aliphatic rings. The van der Waals surface area contributed by atoms with Crippen LogP contribution in [0.15, 0.2) is 48.5 Å². The maximum Gasteiger partial charge on any atom is 0.329 e. The molecular formula is C19H17ClN2O5. The standard InChI is InChI=1S/C19H17ClN2O5/c20-12-6-8-16(27-13-4-2-1-3-5-13)15(10-12)22-18(24)11-26-19(25)14-7-9-17(23)21-14/h1-6,8,10,14H,7,9,11H2,(H,21,23)(H,22,24)/t14-/m0/s1. The number of carbonyl (C=O) groups excluding carboxylic acids is 3. The molecule has 3 rings (SSSR count). The van der Waals surface area contributed by atoms with Crippen LogP contribution >= 0.6 is 11.6 Å². The Bertz CT molecular complexity index is 856. The summed E-state index contributed by atoms with van der Waals surface area (Å²) in [6.07, 6.45) is 0.636. The first-order chi connectivity index (χ1) is 13.0. The van der Waals surface area contributed by atoms with E-state index in [1.54, 1.807) is 24.3 Å². The summed E-state index contributed by atoms with van der Waals surface area (Å²) >= 11 is 6.00. The lowest BCUT2D eigenvalue weighted by molar-refractivity contribution is -0.149. The first-order valence-corrected chi connectivity index (χ1v) is 8.67. The molecule has 2 amide bonds. The van der Waals surface area contributed by atoms with E-state index >= 15 is 0 Å². The second-order valence-electron chi connectivity index (χ2n) is 5.87. The van der Waals surface area contributed by atoms with E-state index < -0.39 is 24.5 Å². The lowest BCUT2D eigenvalue weighted by Crippen LogP contribution is -2.36. The average molecular weight is 389 g/mol. The minimum Gasteiger partial charge on any atom is -0.455 e. The molecule has 27 heavy (non-hydrogen) atoms. The number of halogens is 1. The number of nitrogens with one attached hydrogen (secondary N) is 2. The molecule has 1 saturated heterocycles. The minimum absolute atomic E-state index is 0.206. The number of hydrogen-bond acceptors (Lipinski definition) is 5. The number of ether oxygens (including phenoxy) is 2. The monoisotopic (exact) mass is 388 g/mol. The summed E-state index contributed by atoms with van der Waals surface area (Å²) in [5, 5.41) is 5.52. The van der Waals surface area contributed by atoms with Crippen molar-refractivity contribution < 1.29 is 23.9 Å². The van der Waals surface area contributed by atoms with Gasteiger partial charge in [0.05, 0.1) is 5.69 Å². The van der Waals surface area contributed by atoms with Gasteiger partial charge in [-0.1, -0.05) is 29.8 Å². The van der Waals surface area contributed by atoms with Gasteiger partial charge in [-0.15, -0.1) is 0 Å². The Morgan fingerprint density at radius 3 is 2.67 bits per heavy atom. The summed E-state index contributed by atoms with van der Waals surface area (Å²) in [6, 6.07) is 13.2. The van der Waals surface area contributed by atoms with Crippen molar-refractivity contribution in [1.82, 2.24) is 5.32 Å². The van der Waals surface area contributed by atoms with Gasteiger partial charge in [0.1, 0.15) is 11.8 Å². The number of rotatable bonds is 6. The fourth-order valence-electron chi connectivity index (χ4n) is 2.52. The van der Waals surface area contributed by atoms with E-state index in [1.165, 1.54) is 6.07 Å². The highest BCUT2D eigenvalue weighted by Gasteiger charge is 2.28. The van der Waals surface area contributed by atoms with Crippen molar-refractivity contribution >= 4 is 35.1 Å². The predicted molar refractivity (Wildman–Crippen MR) is 98.7 cm³/mol. The van der Waals surface area contributed by atoms with Gasteiger partial charge in [0.25, 0.3) is 5.91 Å². The Kier molecular flexibility index (Phi) is 5.93. The van der Waals surface area contributed by atoms with Crippen molar-refractivity contribution in [2.45, 2.75) is 18.9 Å². The van der Waals surface area contributed by atoms with Gasteiger partial charge in [-0.25, -0.2) is 4.79 Å². The van der Waals surface area contributed by atoms with Crippen molar-refractivity contribution in [3.05, 3.63) is 53.6 Å². The zero-order valence-electron chi connectivity index (χ0n) is 14.2. The third kappa shape index (κ3) is 5.21. The molecule has 0 saturated carbocycles. The number of amides is 2. The Balaban J connectivity index is 1.60. The van der Waals surface area contributed by atoms with Crippen LogP contribution in [0.1, 0.15) is 12.8 Å². The van der Waals surface area contributed by atoms with Crippen LogP contribution in [0.4, 0.5) is 5.69 Å². The molecule has 2 aromatic carbocycles. The predicted octanol–water partition coefficient (Wildman–Crippen LogP) is 2.89. The van der Waals surface area contributed by atoms with Gasteiger partial charge in [-0.3, -0.25) is 9.59 Å². The van der Waals surface area contributed by atoms with Crippen molar-refractivity contribution in [3.63, 3.8) is 0 Å². The molecule has 0 unspecified atom stereocenters. The van der Waals surface area contributed by atoms with Crippen molar-refractivity contribution in [3.8, 4) is 11.5 Å². The highest BCUT2D eigenvalue weighted by molar-refractivity contribution is 6.31. The molecule has 1 heterocycles. The Hall–Kier alpha value is -3.06. The molecule has 7 nitrogen and oxygen atoms in total. The number of para-hydroxylation sites is 1. The Morgan fingerprint density at radius 2 is 1.96 bits per heavy atom. The molecule has 0 spiro atoms. The molecule has 1 fully saturated rings. The van der Waals surface area contributed by atoms with E-state index in [4.69, 9.17) is 21.1 Å². The molecule has 1 atom stereocenters. The summed E-state index contributed by atoms with van der Waals surface area (Å²) in [5.41, 5.74) is 0.349. The van der Waals surface area contributed by atoms with Crippen molar-refractivity contribution in [1.29, 1.82) is 0 Å². The fraction of sp³-hybridized carbons (Fsp3) is 0.211. The van der Waals surface area contributed by atoms with Crippen molar-refractivity contribution in [2.24, 2.45) is 0 Å². The number of esters is 1. The molecule has 8 heteroatoms. The van der Waals surface area contributed by atoms with E-state index in [-0.39, 0.29) is 12.3 Å². The van der Waals surface area contributed by atoms with Gasteiger partial charge in [-0.05, 0) is 36.8 Å². The summed E-state index contributed by atoms with van der Waals surface area (Å²) in [6.45, 7) is -0.484. The van der Waals surface area contributed by atoms with Gasteiger partial charge < -0.3 is 20.1 Å². The van der Waals surface area contributed by atoms with Crippen LogP contribution in [0.25, 0.3) is 0 Å². The Labute approximate surface area is 160 Å². The van der Waals surface area contributed by atoms with E-state index in [2.05, 4.69) is 10.6 Å². The van der Waals surface area contributed by atoms with Gasteiger partial charge in [0.2, 0.25) is 5.91 Å². The lowest BCUT2D eigenvalue weighted by Gasteiger charge is -2.14. The minimum atomic E-state index is -0.701. The van der Waals surface area contributed by atoms with Gasteiger partial charge in [0.15, 0.2) is 12.4 Å². The second-order valence-corrected chi connectivity index (χ2v) is 6.31. The third-order valence-electron chi connectivity index (χ3n) is 3.81. The lowest BCUT2D eigenvalue weighted by atomic mass is 10.2. The molecule has 0 aliphatic carbocycles. The maximum absolute atomic E-state index is 12.1. The summed E-state index contributed by atoms with van der Waals surface area (Å²) in [7, 11) is 0. The molecule has 2 aromatic rings. The van der Waals surface area contributed by atoms with Gasteiger partial charge in [0, 0.05) is 11.4 Å². The van der Waals surface area contributed by atoms with Gasteiger partial charge >= 0.3 is 5.97 Å². The zero-order valence-corrected chi connectivity index (χ0v) is 15.0. The normalized spacial score (nSPS) is 15.7. The summed E-state index contributed by atoms with van der Waals surface area (Å²) in [4.78, 5) is 35.1. The first kappa shape index (κ1) is 18.7. The molecule has 0 radical (unpaired) electrons. The summed E-state index contributed by atoms with van der Waals surface area (Å²) in [5.74, 6) is -0.397. The summed E-state index contributed by atoms with van der Waals surface area (Å²) < 4.78 is 10.7. The van der Waals surface area contributed by atoms with E-state index in [9.17, 15) is 14.4 Å². The molecular weight excluding hydrogens is 372 g/mol. The van der Waals surface area contributed by atoms with E-state index in [1.807, 2.05) is 18.2 Å². The smallest absolute Gasteiger partial charge is 0.329 e. The molecule has 1 aliphatic heterocycles. The molecule has 0 bridgehead atoms. The molecule has 0 aromatic heterocycles. The van der Waals surface area contributed by atoms with Crippen LogP contribution in [0.3, 0.4) is 0 Å². The van der Waals surface area contributed by atoms with Crippen LogP contribution in [-0.4, -0.2) is 30.4 Å². The highest BCUT2D eigenvalue weighted by atomic mass is 35.5.